The van der Waals surface area contributed by atoms with Gasteiger partial charge in [0.15, 0.2) is 6.61 Å². The first kappa shape index (κ1) is 20.0. The summed E-state index contributed by atoms with van der Waals surface area (Å²) < 4.78 is 6.87. The lowest BCUT2D eigenvalue weighted by Crippen LogP contribution is -2.37. The second-order valence-corrected chi connectivity index (χ2v) is 7.31. The molecular weight excluding hydrogens is 358 g/mol. The van der Waals surface area contributed by atoms with E-state index in [-0.39, 0.29) is 24.1 Å². The van der Waals surface area contributed by atoms with E-state index in [0.717, 1.165) is 31.4 Å². The highest BCUT2D eigenvalue weighted by Gasteiger charge is 2.20. The Hall–Kier alpha value is -2.70. The molecule has 0 saturated heterocycles. The Morgan fingerprint density at radius 2 is 1.93 bits per heavy atom. The summed E-state index contributed by atoms with van der Waals surface area (Å²) in [6.07, 6.45) is 7.97. The first-order valence-corrected chi connectivity index (χ1v) is 9.97. The summed E-state index contributed by atoms with van der Waals surface area (Å²) in [6, 6.07) is 3.54. The van der Waals surface area contributed by atoms with Gasteiger partial charge in [-0.1, -0.05) is 25.7 Å². The van der Waals surface area contributed by atoms with E-state index < -0.39 is 11.4 Å². The molecule has 1 saturated carbocycles. The van der Waals surface area contributed by atoms with E-state index >= 15 is 0 Å². The van der Waals surface area contributed by atoms with Gasteiger partial charge in [0.1, 0.15) is 11.2 Å². The molecule has 0 aromatic carbocycles. The number of nitrogens with one attached hydrogen (secondary N) is 1. The molecule has 0 spiro atoms. The van der Waals surface area contributed by atoms with Crippen molar-refractivity contribution in [1.29, 1.82) is 0 Å². The molecule has 1 aliphatic carbocycles. The van der Waals surface area contributed by atoms with Crippen molar-refractivity contribution in [2.75, 3.05) is 6.61 Å². The van der Waals surface area contributed by atoms with Crippen LogP contribution in [0.2, 0.25) is 0 Å². The van der Waals surface area contributed by atoms with Crippen LogP contribution in [-0.4, -0.2) is 34.1 Å². The van der Waals surface area contributed by atoms with Gasteiger partial charge in [-0.2, -0.15) is 0 Å². The van der Waals surface area contributed by atoms with Crippen LogP contribution in [0, 0.1) is 6.92 Å². The zero-order valence-electron chi connectivity index (χ0n) is 16.5. The lowest BCUT2D eigenvalue weighted by molar-refractivity contribution is -0.125. The molecule has 7 heteroatoms. The third kappa shape index (κ3) is 4.58. The summed E-state index contributed by atoms with van der Waals surface area (Å²) in [5.41, 5.74) is 0.818. The van der Waals surface area contributed by atoms with Gasteiger partial charge in [0.25, 0.3) is 5.91 Å². The molecule has 2 heterocycles. The van der Waals surface area contributed by atoms with Gasteiger partial charge in [-0.3, -0.25) is 9.59 Å². The molecule has 0 bridgehead atoms. The van der Waals surface area contributed by atoms with Crippen LogP contribution in [0.1, 0.15) is 61.5 Å². The minimum absolute atomic E-state index is 0.0812. The minimum Gasteiger partial charge on any atom is -0.452 e. The Kier molecular flexibility index (Phi) is 6.44. The van der Waals surface area contributed by atoms with E-state index in [9.17, 15) is 14.4 Å². The fourth-order valence-electron chi connectivity index (χ4n) is 3.65. The van der Waals surface area contributed by atoms with Crippen LogP contribution in [0.25, 0.3) is 11.0 Å². The quantitative estimate of drug-likeness (QED) is 0.631. The monoisotopic (exact) mass is 385 g/mol. The summed E-state index contributed by atoms with van der Waals surface area (Å²) >= 11 is 0. The number of esters is 1. The Labute approximate surface area is 164 Å². The lowest BCUT2D eigenvalue weighted by Gasteiger charge is -2.16. The van der Waals surface area contributed by atoms with Crippen LogP contribution < -0.4 is 10.7 Å². The topological polar surface area (TPSA) is 90.3 Å². The molecule has 28 heavy (non-hydrogen) atoms. The summed E-state index contributed by atoms with van der Waals surface area (Å²) in [5, 5.41) is 3.29. The number of pyridine rings is 2. The van der Waals surface area contributed by atoms with Crippen molar-refractivity contribution in [3.63, 3.8) is 0 Å². The van der Waals surface area contributed by atoms with Crippen molar-refractivity contribution in [2.24, 2.45) is 0 Å². The van der Waals surface area contributed by atoms with Crippen LogP contribution in [0.5, 0.6) is 0 Å². The number of fused-ring (bicyclic) bond motifs is 1. The summed E-state index contributed by atoms with van der Waals surface area (Å²) in [5.74, 6) is -1.11. The van der Waals surface area contributed by atoms with E-state index in [1.54, 1.807) is 16.7 Å². The van der Waals surface area contributed by atoms with Crippen molar-refractivity contribution >= 4 is 22.9 Å². The highest BCUT2D eigenvalue weighted by molar-refractivity contribution is 5.94. The number of hydrogen-bond donors (Lipinski definition) is 1. The van der Waals surface area contributed by atoms with Crippen LogP contribution in [0.4, 0.5) is 0 Å². The van der Waals surface area contributed by atoms with Gasteiger partial charge in [-0.15, -0.1) is 0 Å². The van der Waals surface area contributed by atoms with E-state index in [4.69, 9.17) is 4.74 Å². The SMILES string of the molecule is CCn1cc(C(=O)OCC(=O)NC2CCCCCC2)c(=O)c2ccc(C)nc21. The predicted octanol–water partition coefficient (Wildman–Crippen LogP) is 2.72. The number of aromatic nitrogens is 2. The molecule has 1 fully saturated rings. The van der Waals surface area contributed by atoms with Crippen molar-refractivity contribution in [3.05, 3.63) is 39.8 Å². The van der Waals surface area contributed by atoms with E-state index in [1.165, 1.54) is 19.0 Å². The average Bonchev–Trinajstić information content (AvgIpc) is 2.95. The summed E-state index contributed by atoms with van der Waals surface area (Å²) in [6.45, 7) is 3.92. The number of aryl methyl sites for hydroxylation is 2. The van der Waals surface area contributed by atoms with Gasteiger partial charge in [0, 0.05) is 24.5 Å². The Morgan fingerprint density at radius 1 is 1.21 bits per heavy atom. The number of carbonyl (C=O) groups excluding carboxylic acids is 2. The molecule has 2 aromatic rings. The molecule has 0 unspecified atom stereocenters. The molecule has 2 aromatic heterocycles. The highest BCUT2D eigenvalue weighted by Crippen LogP contribution is 2.17. The van der Waals surface area contributed by atoms with Crippen LogP contribution in [0.3, 0.4) is 0 Å². The predicted molar refractivity (Wildman–Crippen MR) is 106 cm³/mol. The first-order valence-electron chi connectivity index (χ1n) is 9.97. The maximum Gasteiger partial charge on any atom is 0.344 e. The smallest absolute Gasteiger partial charge is 0.344 e. The number of nitrogens with zero attached hydrogens (tertiary/aromatic N) is 2. The van der Waals surface area contributed by atoms with Crippen molar-refractivity contribution in [3.8, 4) is 0 Å². The Balaban J connectivity index is 1.71. The van der Waals surface area contributed by atoms with Gasteiger partial charge in [0.05, 0.1) is 5.39 Å². The van der Waals surface area contributed by atoms with Gasteiger partial charge in [-0.05, 0) is 38.8 Å². The Morgan fingerprint density at radius 3 is 2.61 bits per heavy atom. The van der Waals surface area contributed by atoms with E-state index in [2.05, 4.69) is 10.3 Å². The van der Waals surface area contributed by atoms with Crippen molar-refractivity contribution < 1.29 is 14.3 Å². The lowest BCUT2D eigenvalue weighted by atomic mass is 10.1. The highest BCUT2D eigenvalue weighted by atomic mass is 16.5. The molecule has 0 aliphatic heterocycles. The number of hydrogen-bond acceptors (Lipinski definition) is 5. The standard InChI is InChI=1S/C21H27N3O4/c1-3-24-12-17(19(26)16-11-10-14(2)22-20(16)24)21(27)28-13-18(25)23-15-8-6-4-5-7-9-15/h10-12,15H,3-9,13H2,1-2H3,(H,23,25). The molecule has 7 nitrogen and oxygen atoms in total. The molecular formula is C21H27N3O4. The Bertz CT molecular complexity index is 927. The second-order valence-electron chi connectivity index (χ2n) is 7.31. The second kappa shape index (κ2) is 8.99. The van der Waals surface area contributed by atoms with Crippen LogP contribution >= 0.6 is 0 Å². The number of carbonyl (C=O) groups is 2. The number of ether oxygens (including phenoxy) is 1. The van der Waals surface area contributed by atoms with Crippen LogP contribution in [0.15, 0.2) is 23.1 Å². The molecule has 1 amide bonds. The molecule has 150 valence electrons. The molecule has 1 N–H and O–H groups in total. The van der Waals surface area contributed by atoms with Gasteiger partial charge < -0.3 is 14.6 Å². The van der Waals surface area contributed by atoms with Crippen LogP contribution in [-0.2, 0) is 16.1 Å². The van der Waals surface area contributed by atoms with Crippen molar-refractivity contribution in [2.45, 2.75) is 65.0 Å². The van der Waals surface area contributed by atoms with Crippen molar-refractivity contribution in [1.82, 2.24) is 14.9 Å². The zero-order valence-corrected chi connectivity index (χ0v) is 16.5. The molecule has 0 radical (unpaired) electrons. The minimum atomic E-state index is -0.786. The van der Waals surface area contributed by atoms with Gasteiger partial charge in [-0.25, -0.2) is 9.78 Å². The summed E-state index contributed by atoms with van der Waals surface area (Å²) in [7, 11) is 0. The molecule has 0 atom stereocenters. The third-order valence-corrected chi connectivity index (χ3v) is 5.18. The maximum atomic E-state index is 12.7. The van der Waals surface area contributed by atoms with Gasteiger partial charge >= 0.3 is 5.97 Å². The number of rotatable bonds is 5. The number of amides is 1. The van der Waals surface area contributed by atoms with Gasteiger partial charge in [0.2, 0.25) is 5.43 Å². The summed E-state index contributed by atoms with van der Waals surface area (Å²) in [4.78, 5) is 41.7. The fraction of sp³-hybridized carbons (Fsp3) is 0.524. The first-order chi connectivity index (χ1) is 13.5. The fourth-order valence-corrected chi connectivity index (χ4v) is 3.65. The molecule has 1 aliphatic rings. The van der Waals surface area contributed by atoms with E-state index in [1.807, 2.05) is 13.8 Å². The maximum absolute atomic E-state index is 12.7. The normalized spacial score (nSPS) is 15.2. The average molecular weight is 385 g/mol. The zero-order chi connectivity index (χ0) is 20.1. The molecule has 3 rings (SSSR count). The van der Waals surface area contributed by atoms with E-state index in [0.29, 0.717) is 17.6 Å². The largest absolute Gasteiger partial charge is 0.452 e. The third-order valence-electron chi connectivity index (χ3n) is 5.18.